The topological polar surface area (TPSA) is 83.9 Å². The van der Waals surface area contributed by atoms with E-state index in [2.05, 4.69) is 60.5 Å². The lowest BCUT2D eigenvalue weighted by Crippen LogP contribution is -2.19. The van der Waals surface area contributed by atoms with E-state index in [4.69, 9.17) is 4.74 Å². The number of aromatic hydroxyl groups is 1. The van der Waals surface area contributed by atoms with E-state index in [-0.39, 0.29) is 11.2 Å². The molecule has 3 aromatic rings. The summed E-state index contributed by atoms with van der Waals surface area (Å²) < 4.78 is 6.03. The van der Waals surface area contributed by atoms with Gasteiger partial charge in [-0.05, 0) is 43.4 Å². The second-order valence-corrected chi connectivity index (χ2v) is 8.48. The van der Waals surface area contributed by atoms with Crippen LogP contribution in [0.2, 0.25) is 0 Å². The number of tetrazole rings is 1. The molecule has 0 aliphatic carbocycles. The summed E-state index contributed by atoms with van der Waals surface area (Å²) in [6.07, 6.45) is 4.96. The Kier molecular flexibility index (Phi) is 7.08. The molecule has 0 spiro atoms. The Hall–Kier alpha value is -2.89. The number of benzene rings is 2. The fourth-order valence-corrected chi connectivity index (χ4v) is 3.66. The Labute approximate surface area is 178 Å². The highest BCUT2D eigenvalue weighted by Crippen LogP contribution is 2.36. The van der Waals surface area contributed by atoms with Gasteiger partial charge >= 0.3 is 0 Å². The van der Waals surface area contributed by atoms with Gasteiger partial charge in [0.05, 0.1) is 6.61 Å². The molecule has 0 saturated carbocycles. The minimum Gasteiger partial charge on any atom is -0.507 e. The predicted octanol–water partition coefficient (Wildman–Crippen LogP) is 5.36. The average Bonchev–Trinajstić information content (AvgIpc) is 3.26. The molecule has 0 aliphatic heterocycles. The molecule has 2 N–H and O–H groups in total. The van der Waals surface area contributed by atoms with Crippen molar-refractivity contribution in [2.45, 2.75) is 65.2 Å². The molecule has 2 aromatic carbocycles. The summed E-state index contributed by atoms with van der Waals surface area (Å²) in [7, 11) is 0. The van der Waals surface area contributed by atoms with Crippen molar-refractivity contribution in [1.82, 2.24) is 20.6 Å². The number of aryl methyl sites for hydroxylation is 2. The molecule has 0 bridgehead atoms. The predicted molar refractivity (Wildman–Crippen MR) is 119 cm³/mol. The van der Waals surface area contributed by atoms with Crippen molar-refractivity contribution in [2.75, 3.05) is 6.61 Å². The molecular weight excluding hydrogens is 376 g/mol. The van der Waals surface area contributed by atoms with Gasteiger partial charge in [0.2, 0.25) is 0 Å². The van der Waals surface area contributed by atoms with E-state index >= 15 is 0 Å². The highest BCUT2D eigenvalue weighted by atomic mass is 16.5. The van der Waals surface area contributed by atoms with Crippen molar-refractivity contribution >= 4 is 0 Å². The number of hydrogen-bond acceptors (Lipinski definition) is 5. The number of phenols is 1. The van der Waals surface area contributed by atoms with Crippen molar-refractivity contribution in [3.63, 3.8) is 0 Å². The zero-order chi connectivity index (χ0) is 21.6. The van der Waals surface area contributed by atoms with Gasteiger partial charge in [0.1, 0.15) is 11.5 Å². The van der Waals surface area contributed by atoms with Crippen LogP contribution in [0.15, 0.2) is 36.4 Å². The van der Waals surface area contributed by atoms with Gasteiger partial charge in [-0.2, -0.15) is 5.21 Å². The fourth-order valence-electron chi connectivity index (χ4n) is 3.66. The molecule has 30 heavy (non-hydrogen) atoms. The zero-order valence-electron chi connectivity index (χ0n) is 18.4. The Morgan fingerprint density at radius 2 is 1.93 bits per heavy atom. The van der Waals surface area contributed by atoms with Gasteiger partial charge in [0.25, 0.3) is 0 Å². The average molecular weight is 409 g/mol. The minimum absolute atomic E-state index is 0.0827. The number of aromatic amines is 1. The van der Waals surface area contributed by atoms with Crippen molar-refractivity contribution in [3.8, 4) is 22.6 Å². The van der Waals surface area contributed by atoms with E-state index < -0.39 is 0 Å². The Morgan fingerprint density at radius 3 is 2.63 bits per heavy atom. The molecule has 0 fully saturated rings. The van der Waals surface area contributed by atoms with Gasteiger partial charge in [-0.3, -0.25) is 0 Å². The first kappa shape index (κ1) is 21.8. The Balaban J connectivity index is 1.53. The number of nitrogens with one attached hydrogen (secondary N) is 1. The largest absolute Gasteiger partial charge is 0.507 e. The third kappa shape index (κ3) is 5.38. The van der Waals surface area contributed by atoms with Crippen LogP contribution < -0.4 is 4.74 Å². The molecule has 1 heterocycles. The van der Waals surface area contributed by atoms with E-state index in [9.17, 15) is 5.11 Å². The number of hydrogen-bond donors (Lipinski definition) is 2. The van der Waals surface area contributed by atoms with Gasteiger partial charge < -0.3 is 9.84 Å². The molecule has 0 saturated heterocycles. The second-order valence-electron chi connectivity index (χ2n) is 8.48. The van der Waals surface area contributed by atoms with Crippen LogP contribution in [-0.2, 0) is 11.8 Å². The van der Waals surface area contributed by atoms with E-state index in [1.807, 2.05) is 18.2 Å². The number of H-pyrrole nitrogens is 1. The minimum atomic E-state index is -0.0827. The smallest absolute Gasteiger partial charge is 0.180 e. The van der Waals surface area contributed by atoms with Crippen LogP contribution in [0.5, 0.6) is 11.5 Å². The molecule has 0 aliphatic rings. The van der Waals surface area contributed by atoms with Gasteiger partial charge in [0.15, 0.2) is 5.82 Å². The normalized spacial score (nSPS) is 11.6. The summed E-state index contributed by atoms with van der Waals surface area (Å²) in [4.78, 5) is 0. The summed E-state index contributed by atoms with van der Waals surface area (Å²) in [5, 5.41) is 25.0. The molecule has 3 rings (SSSR count). The molecule has 160 valence electrons. The number of phenolic OH excluding ortho intramolecular Hbond substituents is 1. The Morgan fingerprint density at radius 1 is 1.10 bits per heavy atom. The maximum atomic E-state index is 10.6. The van der Waals surface area contributed by atoms with E-state index in [1.165, 1.54) is 5.56 Å². The van der Waals surface area contributed by atoms with Crippen LogP contribution in [0.25, 0.3) is 11.1 Å². The van der Waals surface area contributed by atoms with Gasteiger partial charge in [-0.15, -0.1) is 10.2 Å². The molecular formula is C24H32N4O2. The molecule has 6 nitrogen and oxygen atoms in total. The highest BCUT2D eigenvalue weighted by molar-refractivity contribution is 5.73. The second kappa shape index (κ2) is 9.74. The number of rotatable bonds is 10. The van der Waals surface area contributed by atoms with Gasteiger partial charge in [-0.25, -0.2) is 0 Å². The standard InChI is InChI=1S/C24H32N4O2/c1-5-18-15-20(19-11-9-10-17(2)14-19)21(29)16-22(18)30-13-8-6-7-12-24(3,4)23-25-27-28-26-23/h9-11,14-16,29H,5-8,12-13H2,1-4H3,(H,25,26,27,28). The van der Waals surface area contributed by atoms with Crippen LogP contribution in [0.3, 0.4) is 0 Å². The first-order valence-electron chi connectivity index (χ1n) is 10.7. The summed E-state index contributed by atoms with van der Waals surface area (Å²) in [6, 6.07) is 12.0. The van der Waals surface area contributed by atoms with Gasteiger partial charge in [-0.1, -0.05) is 68.7 Å². The number of aromatic nitrogens is 4. The summed E-state index contributed by atoms with van der Waals surface area (Å²) >= 11 is 0. The van der Waals surface area contributed by atoms with Crippen molar-refractivity contribution < 1.29 is 9.84 Å². The molecule has 0 radical (unpaired) electrons. The molecule has 1 aromatic heterocycles. The van der Waals surface area contributed by atoms with Gasteiger partial charge in [0, 0.05) is 17.0 Å². The van der Waals surface area contributed by atoms with Crippen LogP contribution in [0.1, 0.15) is 63.4 Å². The van der Waals surface area contributed by atoms with Crippen molar-refractivity contribution in [3.05, 3.63) is 53.3 Å². The lowest BCUT2D eigenvalue weighted by molar-refractivity contribution is 0.296. The van der Waals surface area contributed by atoms with E-state index in [0.29, 0.717) is 6.61 Å². The highest BCUT2D eigenvalue weighted by Gasteiger charge is 2.24. The summed E-state index contributed by atoms with van der Waals surface area (Å²) in [6.45, 7) is 9.08. The van der Waals surface area contributed by atoms with Crippen LogP contribution in [-0.4, -0.2) is 32.3 Å². The monoisotopic (exact) mass is 408 g/mol. The van der Waals surface area contributed by atoms with E-state index in [1.54, 1.807) is 6.07 Å². The molecule has 0 atom stereocenters. The maximum Gasteiger partial charge on any atom is 0.180 e. The van der Waals surface area contributed by atoms with Crippen LogP contribution >= 0.6 is 0 Å². The van der Waals surface area contributed by atoms with Crippen molar-refractivity contribution in [1.29, 1.82) is 0 Å². The molecule has 6 heteroatoms. The third-order valence-electron chi connectivity index (χ3n) is 5.54. The first-order chi connectivity index (χ1) is 14.4. The maximum absolute atomic E-state index is 10.6. The van der Waals surface area contributed by atoms with Crippen molar-refractivity contribution in [2.24, 2.45) is 0 Å². The lowest BCUT2D eigenvalue weighted by atomic mass is 9.86. The molecule has 0 unspecified atom stereocenters. The number of nitrogens with zero attached hydrogens (tertiary/aromatic N) is 3. The van der Waals surface area contributed by atoms with E-state index in [0.717, 1.165) is 60.4 Å². The fraction of sp³-hybridized carbons (Fsp3) is 0.458. The Bertz CT molecular complexity index is 952. The number of unbranched alkanes of at least 4 members (excludes halogenated alkanes) is 2. The van der Waals surface area contributed by atoms with Crippen LogP contribution in [0.4, 0.5) is 0 Å². The third-order valence-corrected chi connectivity index (χ3v) is 5.54. The summed E-state index contributed by atoms with van der Waals surface area (Å²) in [5.74, 6) is 1.80. The number of ether oxygens (including phenoxy) is 1. The summed E-state index contributed by atoms with van der Waals surface area (Å²) in [5.41, 5.74) is 4.08. The first-order valence-corrected chi connectivity index (χ1v) is 10.7. The van der Waals surface area contributed by atoms with Crippen LogP contribution in [0, 0.1) is 6.92 Å². The quantitative estimate of drug-likeness (QED) is 0.441. The zero-order valence-corrected chi connectivity index (χ0v) is 18.4. The lowest BCUT2D eigenvalue weighted by Gasteiger charge is -2.20. The molecule has 0 amide bonds. The SMILES string of the molecule is CCc1cc(-c2cccc(C)c2)c(O)cc1OCCCCCC(C)(C)c1nn[nH]n1.